The highest BCUT2D eigenvalue weighted by molar-refractivity contribution is 5.44. The minimum absolute atomic E-state index is 0.114. The van der Waals surface area contributed by atoms with Crippen molar-refractivity contribution in [3.05, 3.63) is 59.2 Å². The molecule has 2 aliphatic rings. The van der Waals surface area contributed by atoms with Crippen molar-refractivity contribution in [2.24, 2.45) is 0 Å². The third-order valence-corrected chi connectivity index (χ3v) is 5.06. The molecule has 5 nitrogen and oxygen atoms in total. The minimum Gasteiger partial charge on any atom is -0.454 e. The highest BCUT2D eigenvalue weighted by atomic mass is 16.7. The summed E-state index contributed by atoms with van der Waals surface area (Å²) in [5, 5.41) is 12.4. The molecule has 0 saturated carbocycles. The number of ether oxygens (including phenoxy) is 3. The van der Waals surface area contributed by atoms with E-state index in [2.05, 4.69) is 29.6 Å². The van der Waals surface area contributed by atoms with Gasteiger partial charge in [0.1, 0.15) is 19.2 Å². The Morgan fingerprint density at radius 2 is 2.04 bits per heavy atom. The Hall–Kier alpha value is -2.08. The summed E-state index contributed by atoms with van der Waals surface area (Å²) in [6.07, 6.45) is 2.95. The summed E-state index contributed by atoms with van der Waals surface area (Å²) in [5.74, 6) is 1.60. The van der Waals surface area contributed by atoms with Crippen LogP contribution in [0.1, 0.15) is 35.6 Å². The van der Waals surface area contributed by atoms with Crippen molar-refractivity contribution < 1.29 is 24.6 Å². The lowest BCUT2D eigenvalue weighted by atomic mass is 9.89. The average Bonchev–Trinajstić information content (AvgIpc) is 3.14. The number of aliphatic hydroxyl groups is 1. The number of nitrogens with two attached hydrogens (primary N) is 1. The predicted octanol–water partition coefficient (Wildman–Crippen LogP) is 1.93. The highest BCUT2D eigenvalue weighted by Gasteiger charge is 2.21. The van der Waals surface area contributed by atoms with Crippen LogP contribution in [0.5, 0.6) is 11.5 Å². The Bertz CT molecular complexity index is 749. The van der Waals surface area contributed by atoms with E-state index in [0.717, 1.165) is 42.9 Å². The molecule has 5 heteroatoms. The van der Waals surface area contributed by atoms with Crippen molar-refractivity contribution >= 4 is 0 Å². The molecule has 1 aliphatic heterocycles. The third-order valence-electron chi connectivity index (χ3n) is 5.06. The first-order chi connectivity index (χ1) is 12.8. The van der Waals surface area contributed by atoms with Crippen molar-refractivity contribution in [3.8, 4) is 11.5 Å². The molecular weight excluding hydrogens is 330 g/mol. The van der Waals surface area contributed by atoms with E-state index >= 15 is 0 Å². The monoisotopic (exact) mass is 356 g/mol. The molecule has 2 aromatic carbocycles. The van der Waals surface area contributed by atoms with Gasteiger partial charge in [-0.05, 0) is 48.6 Å². The fraction of sp³-hybridized carbons (Fsp3) is 0.429. The van der Waals surface area contributed by atoms with Gasteiger partial charge in [-0.2, -0.15) is 0 Å². The van der Waals surface area contributed by atoms with Gasteiger partial charge in [-0.15, -0.1) is 0 Å². The number of aryl methyl sites for hydroxylation is 1. The van der Waals surface area contributed by atoms with Crippen LogP contribution in [0.3, 0.4) is 0 Å². The maximum atomic E-state index is 10.3. The number of hydrogen-bond acceptors (Lipinski definition) is 4. The number of fused-ring (bicyclic) bond motifs is 2. The molecule has 0 bridgehead atoms. The predicted molar refractivity (Wildman–Crippen MR) is 97.1 cm³/mol. The van der Waals surface area contributed by atoms with Crippen molar-refractivity contribution in [1.29, 1.82) is 0 Å². The number of hydrogen-bond donors (Lipinski definition) is 2. The third kappa shape index (κ3) is 4.01. The van der Waals surface area contributed by atoms with E-state index in [4.69, 9.17) is 14.2 Å². The van der Waals surface area contributed by atoms with Gasteiger partial charge in [-0.3, -0.25) is 0 Å². The van der Waals surface area contributed by atoms with E-state index in [-0.39, 0.29) is 6.10 Å². The van der Waals surface area contributed by atoms with Crippen LogP contribution in [-0.2, 0) is 17.7 Å². The van der Waals surface area contributed by atoms with Gasteiger partial charge < -0.3 is 24.6 Å². The molecule has 0 radical (unpaired) electrons. The Labute approximate surface area is 153 Å². The van der Waals surface area contributed by atoms with Crippen LogP contribution < -0.4 is 14.8 Å². The standard InChI is InChI=1S/C21H25NO4/c23-17(12-22-11-15-8-9-20-21(10-15)26-14-25-20)13-24-19-7-3-5-16-4-1-2-6-18(16)19/h1-2,4,6,8-10,17,19,22-23H,3,5,7,11-14H2/p+1/t17-,19+/m1/s1. The number of aliphatic hydroxyl groups excluding tert-OH is 1. The Kier molecular flexibility index (Phi) is 5.39. The SMILES string of the molecule is O[C@H](C[NH2+]Cc1ccc2c(c1)OCO2)CO[C@H]1CCCc2ccccc21. The lowest BCUT2D eigenvalue weighted by Crippen LogP contribution is -2.85. The summed E-state index contributed by atoms with van der Waals surface area (Å²) in [6.45, 7) is 2.07. The molecule has 26 heavy (non-hydrogen) atoms. The molecule has 138 valence electrons. The van der Waals surface area contributed by atoms with Crippen molar-refractivity contribution in [3.63, 3.8) is 0 Å². The summed E-state index contributed by atoms with van der Waals surface area (Å²) >= 11 is 0. The number of benzene rings is 2. The van der Waals surface area contributed by atoms with Gasteiger partial charge in [-0.25, -0.2) is 0 Å². The van der Waals surface area contributed by atoms with Crippen LogP contribution in [0, 0.1) is 0 Å². The van der Waals surface area contributed by atoms with Crippen LogP contribution in [-0.4, -0.2) is 31.2 Å². The van der Waals surface area contributed by atoms with E-state index < -0.39 is 6.10 Å². The average molecular weight is 356 g/mol. The molecule has 0 saturated heterocycles. The molecule has 0 spiro atoms. The molecule has 2 atom stereocenters. The Morgan fingerprint density at radius 3 is 3.00 bits per heavy atom. The zero-order valence-corrected chi connectivity index (χ0v) is 14.9. The van der Waals surface area contributed by atoms with Crippen LogP contribution in [0.2, 0.25) is 0 Å². The zero-order valence-electron chi connectivity index (χ0n) is 14.9. The molecule has 4 rings (SSSR count). The first-order valence-electron chi connectivity index (χ1n) is 9.37. The molecule has 1 heterocycles. The summed E-state index contributed by atoms with van der Waals surface area (Å²) in [5.41, 5.74) is 3.83. The maximum Gasteiger partial charge on any atom is 0.231 e. The van der Waals surface area contributed by atoms with Crippen molar-refractivity contribution in [1.82, 2.24) is 0 Å². The lowest BCUT2D eigenvalue weighted by molar-refractivity contribution is -0.676. The fourth-order valence-electron chi connectivity index (χ4n) is 3.69. The van der Waals surface area contributed by atoms with Crippen LogP contribution >= 0.6 is 0 Å². The molecule has 0 amide bonds. The van der Waals surface area contributed by atoms with Crippen molar-refractivity contribution in [2.75, 3.05) is 19.9 Å². The molecule has 3 N–H and O–H groups in total. The second-order valence-corrected chi connectivity index (χ2v) is 6.98. The topological polar surface area (TPSA) is 64.5 Å². The maximum absolute atomic E-state index is 10.3. The molecule has 2 aromatic rings. The van der Waals surface area contributed by atoms with Gasteiger partial charge in [-0.1, -0.05) is 24.3 Å². The first kappa shape index (κ1) is 17.3. The Balaban J connectivity index is 1.22. The van der Waals surface area contributed by atoms with Gasteiger partial charge in [0.15, 0.2) is 11.5 Å². The quantitative estimate of drug-likeness (QED) is 0.796. The van der Waals surface area contributed by atoms with Crippen LogP contribution in [0.4, 0.5) is 0 Å². The molecular formula is C21H26NO4+. The summed E-state index contributed by atoms with van der Waals surface area (Å²) < 4.78 is 16.7. The Morgan fingerprint density at radius 1 is 1.15 bits per heavy atom. The van der Waals surface area contributed by atoms with E-state index in [1.54, 1.807) is 0 Å². The lowest BCUT2D eigenvalue weighted by Gasteiger charge is -2.26. The van der Waals surface area contributed by atoms with Gasteiger partial charge >= 0.3 is 0 Å². The van der Waals surface area contributed by atoms with Gasteiger partial charge in [0.05, 0.1) is 12.7 Å². The van der Waals surface area contributed by atoms with E-state index in [1.807, 2.05) is 18.2 Å². The molecule has 0 aromatic heterocycles. The fourth-order valence-corrected chi connectivity index (χ4v) is 3.69. The van der Waals surface area contributed by atoms with E-state index in [0.29, 0.717) is 19.9 Å². The van der Waals surface area contributed by atoms with E-state index in [9.17, 15) is 5.11 Å². The highest BCUT2D eigenvalue weighted by Crippen LogP contribution is 2.33. The molecule has 1 aliphatic carbocycles. The summed E-state index contributed by atoms with van der Waals surface area (Å²) in [7, 11) is 0. The minimum atomic E-state index is -0.474. The zero-order chi connectivity index (χ0) is 17.8. The summed E-state index contributed by atoms with van der Waals surface area (Å²) in [6, 6.07) is 14.5. The van der Waals surface area contributed by atoms with E-state index in [1.165, 1.54) is 11.1 Å². The number of quaternary nitrogens is 1. The first-order valence-corrected chi connectivity index (χ1v) is 9.37. The van der Waals surface area contributed by atoms with Gasteiger partial charge in [0, 0.05) is 5.56 Å². The van der Waals surface area contributed by atoms with Gasteiger partial charge in [0.2, 0.25) is 6.79 Å². The molecule has 0 fully saturated rings. The largest absolute Gasteiger partial charge is 0.454 e. The van der Waals surface area contributed by atoms with Crippen molar-refractivity contribution in [2.45, 2.75) is 38.0 Å². The van der Waals surface area contributed by atoms with Crippen LogP contribution in [0.15, 0.2) is 42.5 Å². The second kappa shape index (κ2) is 8.08. The van der Waals surface area contributed by atoms with Crippen LogP contribution in [0.25, 0.3) is 0 Å². The number of rotatable bonds is 7. The second-order valence-electron chi connectivity index (χ2n) is 6.98. The summed E-state index contributed by atoms with van der Waals surface area (Å²) in [4.78, 5) is 0. The normalized spacial score (nSPS) is 19.2. The van der Waals surface area contributed by atoms with Gasteiger partial charge in [0.25, 0.3) is 0 Å². The molecule has 0 unspecified atom stereocenters. The smallest absolute Gasteiger partial charge is 0.231 e.